The second-order valence-corrected chi connectivity index (χ2v) is 23.9. The second kappa shape index (κ2) is 58.0. The summed E-state index contributed by atoms with van der Waals surface area (Å²) in [5.41, 5.74) is 0. The Balaban J connectivity index is 2.54. The zero-order valence-electron chi connectivity index (χ0n) is 52.7. The molecule has 1 fully saturated rings. The van der Waals surface area contributed by atoms with Crippen molar-refractivity contribution in [2.24, 2.45) is 0 Å². The fourth-order valence-electron chi connectivity index (χ4n) is 10.7. The molecule has 1 saturated heterocycles. The van der Waals surface area contributed by atoms with Gasteiger partial charge in [-0.15, -0.1) is 0 Å². The van der Waals surface area contributed by atoms with Crippen molar-refractivity contribution < 1.29 is 49.3 Å². The maximum atomic E-state index is 13.5. The van der Waals surface area contributed by atoms with Gasteiger partial charge in [0.2, 0.25) is 5.91 Å². The highest BCUT2D eigenvalue weighted by molar-refractivity contribution is 5.80. The molecule has 1 aliphatic heterocycles. The van der Waals surface area contributed by atoms with Crippen LogP contribution in [-0.4, -0.2) is 99.6 Å². The number of hydrogen-bond acceptors (Lipinski definition) is 10. The maximum Gasteiger partial charge on any atom is 0.306 e. The molecule has 0 aromatic carbocycles. The summed E-state index contributed by atoms with van der Waals surface area (Å²) in [6.45, 7) is 5.77. The predicted octanol–water partition coefficient (Wildman–Crippen LogP) is 17.2. The van der Waals surface area contributed by atoms with Gasteiger partial charge in [-0.25, -0.2) is 0 Å². The number of amides is 1. The number of carbonyl (C=O) groups excluding carboxylic acids is 2. The number of allylic oxidation sites excluding steroid dienone is 7. The Morgan fingerprint density at radius 2 is 0.852 bits per heavy atom. The lowest BCUT2D eigenvalue weighted by molar-refractivity contribution is -0.305. The van der Waals surface area contributed by atoms with Crippen molar-refractivity contribution >= 4 is 11.9 Å². The number of aliphatic hydroxyl groups excluding tert-OH is 5. The standard InChI is InChI=1S/C70H129NO10/c1-4-7-10-13-16-19-22-24-26-27-28-29-30-31-32-33-34-35-36-38-39-42-45-48-51-54-57-63(74)69(78)71-61(62(73)56-53-50-47-44-41-21-18-15-12-9-6-3)60-79-70-68(67(77)66(76)64(59-72)80-70)81-65(75)58-55-52-49-46-43-40-37-25-23-20-17-14-11-8-5-2/h16,19-20,23-24,26,53,56,61-64,66-68,70,72-74,76-77H,4-15,17-18,21-22,25,27-52,54-55,57-60H2,1-3H3,(H,71,78)/b19-16-,23-20-,26-24-,56-53+. The van der Waals surface area contributed by atoms with E-state index in [-0.39, 0.29) is 13.0 Å². The van der Waals surface area contributed by atoms with Crippen molar-refractivity contribution in [3.8, 4) is 0 Å². The Hall–Kier alpha value is -2.38. The molecule has 0 aliphatic carbocycles. The third kappa shape index (κ3) is 45.6. The Kier molecular flexibility index (Phi) is 54.9. The van der Waals surface area contributed by atoms with E-state index in [4.69, 9.17) is 14.2 Å². The number of carbonyl (C=O) groups is 2. The highest BCUT2D eigenvalue weighted by atomic mass is 16.7. The Morgan fingerprint density at radius 1 is 0.481 bits per heavy atom. The van der Waals surface area contributed by atoms with E-state index in [2.05, 4.69) is 62.5 Å². The van der Waals surface area contributed by atoms with Gasteiger partial charge in [-0.2, -0.15) is 0 Å². The number of esters is 1. The van der Waals surface area contributed by atoms with E-state index in [1.54, 1.807) is 6.08 Å². The first-order chi connectivity index (χ1) is 39.7. The molecule has 0 radical (unpaired) electrons. The first-order valence-corrected chi connectivity index (χ1v) is 34.4. The third-order valence-corrected chi connectivity index (χ3v) is 16.2. The molecule has 81 heavy (non-hydrogen) atoms. The van der Waals surface area contributed by atoms with E-state index in [1.807, 2.05) is 6.08 Å². The minimum Gasteiger partial charge on any atom is -0.454 e. The van der Waals surface area contributed by atoms with Gasteiger partial charge in [0.1, 0.15) is 24.4 Å². The van der Waals surface area contributed by atoms with Crippen LogP contribution in [0.2, 0.25) is 0 Å². The lowest BCUT2D eigenvalue weighted by atomic mass is 9.99. The molecule has 0 aromatic rings. The summed E-state index contributed by atoms with van der Waals surface area (Å²) < 4.78 is 17.6. The zero-order chi connectivity index (χ0) is 58.9. The number of unbranched alkanes of at least 4 members (excludes halogenated alkanes) is 39. The van der Waals surface area contributed by atoms with Crippen LogP contribution in [0.4, 0.5) is 0 Å². The van der Waals surface area contributed by atoms with Crippen LogP contribution in [0.25, 0.3) is 0 Å². The Bertz CT molecular complexity index is 1500. The van der Waals surface area contributed by atoms with Crippen molar-refractivity contribution in [3.05, 3.63) is 48.6 Å². The second-order valence-electron chi connectivity index (χ2n) is 23.9. The summed E-state index contributed by atoms with van der Waals surface area (Å²) in [5.74, 6) is -1.19. The third-order valence-electron chi connectivity index (χ3n) is 16.2. The normalized spacial score (nSPS) is 18.9. The molecule has 8 unspecified atom stereocenters. The average Bonchev–Trinajstić information content (AvgIpc) is 3.51. The monoisotopic (exact) mass is 1140 g/mol. The van der Waals surface area contributed by atoms with Crippen LogP contribution in [0.5, 0.6) is 0 Å². The van der Waals surface area contributed by atoms with Gasteiger partial charge in [0.15, 0.2) is 12.4 Å². The first-order valence-electron chi connectivity index (χ1n) is 34.4. The van der Waals surface area contributed by atoms with Crippen LogP contribution in [0.3, 0.4) is 0 Å². The Labute approximate surface area is 497 Å². The summed E-state index contributed by atoms with van der Waals surface area (Å²) in [6.07, 6.45) is 61.6. The van der Waals surface area contributed by atoms with Gasteiger partial charge < -0.3 is 45.1 Å². The molecule has 1 aliphatic rings. The topological polar surface area (TPSA) is 175 Å². The maximum absolute atomic E-state index is 13.5. The number of ether oxygens (including phenoxy) is 3. The van der Waals surface area contributed by atoms with Crippen molar-refractivity contribution in [3.63, 3.8) is 0 Å². The van der Waals surface area contributed by atoms with Gasteiger partial charge in [0.05, 0.1) is 25.4 Å². The molecule has 0 spiro atoms. The number of hydrogen-bond donors (Lipinski definition) is 6. The summed E-state index contributed by atoms with van der Waals surface area (Å²) in [6, 6.07) is -1.02. The zero-order valence-corrected chi connectivity index (χ0v) is 52.7. The van der Waals surface area contributed by atoms with Gasteiger partial charge in [-0.1, -0.05) is 281 Å². The molecule has 0 saturated carbocycles. The molecule has 1 heterocycles. The van der Waals surface area contributed by atoms with Crippen LogP contribution >= 0.6 is 0 Å². The van der Waals surface area contributed by atoms with Crippen LogP contribution in [0.1, 0.15) is 323 Å². The molecule has 0 aromatic heterocycles. The predicted molar refractivity (Wildman–Crippen MR) is 338 cm³/mol. The average molecular weight is 1140 g/mol. The number of aliphatic hydroxyl groups is 5. The van der Waals surface area contributed by atoms with E-state index >= 15 is 0 Å². The summed E-state index contributed by atoms with van der Waals surface area (Å²) in [7, 11) is 0. The molecular formula is C70H129NO10. The summed E-state index contributed by atoms with van der Waals surface area (Å²) in [4.78, 5) is 26.6. The fourth-order valence-corrected chi connectivity index (χ4v) is 10.7. The number of nitrogens with one attached hydrogen (secondary N) is 1. The molecule has 11 nitrogen and oxygen atoms in total. The van der Waals surface area contributed by atoms with Crippen LogP contribution < -0.4 is 5.32 Å². The van der Waals surface area contributed by atoms with Crippen molar-refractivity contribution in [1.82, 2.24) is 5.32 Å². The van der Waals surface area contributed by atoms with Crippen LogP contribution in [0.15, 0.2) is 48.6 Å². The highest BCUT2D eigenvalue weighted by Crippen LogP contribution is 2.26. The molecule has 1 rings (SSSR count). The van der Waals surface area contributed by atoms with E-state index in [0.29, 0.717) is 19.3 Å². The quantitative estimate of drug-likeness (QED) is 0.0195. The van der Waals surface area contributed by atoms with E-state index in [1.165, 1.54) is 199 Å². The molecular weight excluding hydrogens is 1010 g/mol. The first kappa shape index (κ1) is 76.6. The highest BCUT2D eigenvalue weighted by Gasteiger charge is 2.47. The molecule has 11 heteroatoms. The minimum absolute atomic E-state index is 0.120. The smallest absolute Gasteiger partial charge is 0.306 e. The van der Waals surface area contributed by atoms with E-state index in [0.717, 1.165) is 77.0 Å². The van der Waals surface area contributed by atoms with Crippen molar-refractivity contribution in [2.45, 2.75) is 372 Å². The summed E-state index contributed by atoms with van der Waals surface area (Å²) >= 11 is 0. The van der Waals surface area contributed by atoms with E-state index < -0.39 is 67.4 Å². The van der Waals surface area contributed by atoms with Gasteiger partial charge >= 0.3 is 5.97 Å². The molecule has 0 bridgehead atoms. The molecule has 474 valence electrons. The van der Waals surface area contributed by atoms with Crippen molar-refractivity contribution in [1.29, 1.82) is 0 Å². The SMILES string of the molecule is CCCCC/C=C\C/C=C\CCCCCCCCCCCCCCCCCCC(O)C(=O)NC(COC1OC(CO)C(O)C(O)C1OC(=O)CCCCCCCCC/C=C\CCCCCC)C(O)/C=C/CCCCCCCCCCC. The van der Waals surface area contributed by atoms with Crippen LogP contribution in [0, 0.1) is 0 Å². The largest absolute Gasteiger partial charge is 0.454 e. The van der Waals surface area contributed by atoms with Gasteiger partial charge in [-0.3, -0.25) is 9.59 Å². The lowest BCUT2D eigenvalue weighted by Gasteiger charge is -2.41. The molecule has 1 amide bonds. The Morgan fingerprint density at radius 3 is 1.31 bits per heavy atom. The van der Waals surface area contributed by atoms with E-state index in [9.17, 15) is 35.1 Å². The van der Waals surface area contributed by atoms with Gasteiger partial charge in [0, 0.05) is 6.42 Å². The molecule has 8 atom stereocenters. The number of rotatable bonds is 59. The fraction of sp³-hybridized carbons (Fsp3) is 0.857. The van der Waals surface area contributed by atoms with Crippen LogP contribution in [-0.2, 0) is 23.8 Å². The summed E-state index contributed by atoms with van der Waals surface area (Å²) in [5, 5.41) is 57.1. The van der Waals surface area contributed by atoms with Crippen molar-refractivity contribution in [2.75, 3.05) is 13.2 Å². The van der Waals surface area contributed by atoms with Gasteiger partial charge in [-0.05, 0) is 83.5 Å². The lowest BCUT2D eigenvalue weighted by Crippen LogP contribution is -2.61. The molecule has 6 N–H and O–H groups in total. The van der Waals surface area contributed by atoms with Gasteiger partial charge in [0.25, 0.3) is 0 Å². The minimum atomic E-state index is -1.61.